The fourth-order valence-corrected chi connectivity index (χ4v) is 6.30. The van der Waals surface area contributed by atoms with E-state index in [1.807, 2.05) is 6.92 Å². The van der Waals surface area contributed by atoms with Crippen molar-refractivity contribution >= 4 is 15.7 Å². The maximum Gasteiger partial charge on any atom is 0.237 e. The van der Waals surface area contributed by atoms with Crippen LogP contribution in [0.2, 0.25) is 0 Å². The number of sulfone groups is 1. The summed E-state index contributed by atoms with van der Waals surface area (Å²) in [6.07, 6.45) is 4.14. The first kappa shape index (κ1) is 21.0. The molecule has 3 saturated heterocycles. The highest BCUT2D eigenvalue weighted by Crippen LogP contribution is 2.22. The Kier molecular flexibility index (Phi) is 7.53. The van der Waals surface area contributed by atoms with E-state index < -0.39 is 9.84 Å². The minimum atomic E-state index is -2.96. The van der Waals surface area contributed by atoms with Crippen LogP contribution >= 0.6 is 0 Å². The summed E-state index contributed by atoms with van der Waals surface area (Å²) >= 11 is 0. The summed E-state index contributed by atoms with van der Waals surface area (Å²) in [5, 5.41) is 0. The zero-order chi connectivity index (χ0) is 19.3. The molecule has 0 aromatic carbocycles. The van der Waals surface area contributed by atoms with Crippen molar-refractivity contribution < 1.29 is 17.9 Å². The van der Waals surface area contributed by atoms with Gasteiger partial charge in [0.2, 0.25) is 5.91 Å². The van der Waals surface area contributed by atoms with Gasteiger partial charge in [0, 0.05) is 25.7 Å². The summed E-state index contributed by atoms with van der Waals surface area (Å²) in [6, 6.07) is -0.126. The first-order valence-corrected chi connectivity index (χ1v) is 12.3. The van der Waals surface area contributed by atoms with Crippen LogP contribution in [0.15, 0.2) is 0 Å². The van der Waals surface area contributed by atoms with Crippen LogP contribution in [0.3, 0.4) is 0 Å². The molecule has 8 heteroatoms. The third-order valence-electron chi connectivity index (χ3n) is 6.33. The minimum Gasteiger partial charge on any atom is -0.379 e. The molecule has 27 heavy (non-hydrogen) atoms. The Hall–Kier alpha value is -0.700. The standard InChI is InChI=1S/C19H35N3O4S/c1-2-22(18-6-14-27(24,25)16-18)19(23)15-21-8-4-17(5-9-21)3-7-20-10-12-26-13-11-20/h17-18H,2-16H2,1H3. The van der Waals surface area contributed by atoms with Crippen LogP contribution in [0.5, 0.6) is 0 Å². The molecule has 0 bridgehead atoms. The maximum absolute atomic E-state index is 12.7. The topological polar surface area (TPSA) is 70.2 Å². The van der Waals surface area contributed by atoms with Crippen molar-refractivity contribution in [3.63, 3.8) is 0 Å². The molecule has 3 heterocycles. The Morgan fingerprint density at radius 1 is 1.07 bits per heavy atom. The van der Waals surface area contributed by atoms with Crippen LogP contribution in [0, 0.1) is 5.92 Å². The number of rotatable bonds is 7. The van der Waals surface area contributed by atoms with Gasteiger partial charge in [-0.15, -0.1) is 0 Å². The number of hydrogen-bond acceptors (Lipinski definition) is 6. The molecule has 0 radical (unpaired) electrons. The number of amides is 1. The molecule has 1 atom stereocenters. The molecule has 1 amide bonds. The molecule has 1 unspecified atom stereocenters. The van der Waals surface area contributed by atoms with Crippen molar-refractivity contribution in [2.24, 2.45) is 5.92 Å². The number of likely N-dealkylation sites (N-methyl/N-ethyl adjacent to an activating group) is 1. The summed E-state index contributed by atoms with van der Waals surface area (Å²) in [7, 11) is -2.96. The van der Waals surface area contributed by atoms with Gasteiger partial charge in [-0.1, -0.05) is 0 Å². The van der Waals surface area contributed by atoms with Gasteiger partial charge >= 0.3 is 0 Å². The first-order chi connectivity index (χ1) is 13.0. The number of piperidine rings is 1. The van der Waals surface area contributed by atoms with E-state index >= 15 is 0 Å². The Morgan fingerprint density at radius 3 is 2.37 bits per heavy atom. The third-order valence-corrected chi connectivity index (χ3v) is 8.08. The number of carbonyl (C=O) groups is 1. The molecule has 0 spiro atoms. The molecule has 3 aliphatic rings. The van der Waals surface area contributed by atoms with E-state index in [-0.39, 0.29) is 23.5 Å². The van der Waals surface area contributed by atoms with Crippen LogP contribution in [-0.4, -0.2) is 106 Å². The summed E-state index contributed by atoms with van der Waals surface area (Å²) in [4.78, 5) is 19.3. The van der Waals surface area contributed by atoms with Gasteiger partial charge in [0.15, 0.2) is 9.84 Å². The molecule has 0 aliphatic carbocycles. The average molecular weight is 402 g/mol. The second-order valence-electron chi connectivity index (χ2n) is 8.20. The Bertz CT molecular complexity index is 584. The molecule has 0 saturated carbocycles. The lowest BCUT2D eigenvalue weighted by Crippen LogP contribution is -2.47. The van der Waals surface area contributed by atoms with E-state index in [4.69, 9.17) is 4.74 Å². The quantitative estimate of drug-likeness (QED) is 0.617. The van der Waals surface area contributed by atoms with Gasteiger partial charge in [0.25, 0.3) is 0 Å². The lowest BCUT2D eigenvalue weighted by molar-refractivity contribution is -0.134. The molecule has 0 aromatic heterocycles. The van der Waals surface area contributed by atoms with Crippen LogP contribution in [0.1, 0.15) is 32.6 Å². The molecule has 156 valence electrons. The normalized spacial score (nSPS) is 27.7. The van der Waals surface area contributed by atoms with Crippen LogP contribution in [0.4, 0.5) is 0 Å². The molecule has 3 aliphatic heterocycles. The van der Waals surface area contributed by atoms with Crippen LogP contribution in [-0.2, 0) is 19.4 Å². The summed E-state index contributed by atoms with van der Waals surface area (Å²) in [6.45, 7) is 9.89. The van der Waals surface area contributed by atoms with E-state index in [0.717, 1.165) is 64.7 Å². The second-order valence-corrected chi connectivity index (χ2v) is 10.4. The van der Waals surface area contributed by atoms with E-state index in [9.17, 15) is 13.2 Å². The number of likely N-dealkylation sites (tertiary alicyclic amines) is 1. The van der Waals surface area contributed by atoms with E-state index in [0.29, 0.717) is 19.5 Å². The molecule has 0 aromatic rings. The monoisotopic (exact) mass is 401 g/mol. The number of ether oxygens (including phenoxy) is 1. The van der Waals surface area contributed by atoms with Crippen molar-refractivity contribution in [1.29, 1.82) is 0 Å². The number of hydrogen-bond donors (Lipinski definition) is 0. The maximum atomic E-state index is 12.7. The van der Waals surface area contributed by atoms with E-state index in [1.165, 1.54) is 6.42 Å². The highest BCUT2D eigenvalue weighted by Gasteiger charge is 2.34. The highest BCUT2D eigenvalue weighted by atomic mass is 32.2. The lowest BCUT2D eigenvalue weighted by Gasteiger charge is -2.35. The Morgan fingerprint density at radius 2 is 1.78 bits per heavy atom. The fraction of sp³-hybridized carbons (Fsp3) is 0.947. The van der Waals surface area contributed by atoms with Crippen LogP contribution in [0.25, 0.3) is 0 Å². The molecule has 3 fully saturated rings. The predicted molar refractivity (Wildman–Crippen MR) is 105 cm³/mol. The first-order valence-electron chi connectivity index (χ1n) is 10.5. The van der Waals surface area contributed by atoms with E-state index in [2.05, 4.69) is 9.80 Å². The van der Waals surface area contributed by atoms with Crippen molar-refractivity contribution in [3.05, 3.63) is 0 Å². The van der Waals surface area contributed by atoms with Gasteiger partial charge < -0.3 is 9.64 Å². The summed E-state index contributed by atoms with van der Waals surface area (Å²) < 4.78 is 28.9. The second kappa shape index (κ2) is 9.67. The van der Waals surface area contributed by atoms with Gasteiger partial charge in [-0.2, -0.15) is 0 Å². The lowest BCUT2D eigenvalue weighted by atomic mass is 9.93. The van der Waals surface area contributed by atoms with Gasteiger partial charge in [0.1, 0.15) is 0 Å². The molecule has 0 N–H and O–H groups in total. The average Bonchev–Trinajstić information content (AvgIpc) is 3.02. The fourth-order valence-electron chi connectivity index (χ4n) is 4.56. The number of morpholine rings is 1. The Balaban J connectivity index is 1.38. The molecule has 7 nitrogen and oxygen atoms in total. The smallest absolute Gasteiger partial charge is 0.237 e. The van der Waals surface area contributed by atoms with E-state index in [1.54, 1.807) is 4.90 Å². The van der Waals surface area contributed by atoms with Crippen molar-refractivity contribution in [2.75, 3.05) is 70.5 Å². The molecular formula is C19H35N3O4S. The molecule has 3 rings (SSSR count). The van der Waals surface area contributed by atoms with Crippen molar-refractivity contribution in [3.8, 4) is 0 Å². The Labute approximate surface area is 163 Å². The third kappa shape index (κ3) is 6.14. The van der Waals surface area contributed by atoms with Crippen LogP contribution < -0.4 is 0 Å². The van der Waals surface area contributed by atoms with Gasteiger partial charge in [-0.25, -0.2) is 8.42 Å². The zero-order valence-corrected chi connectivity index (χ0v) is 17.5. The van der Waals surface area contributed by atoms with Gasteiger partial charge in [0.05, 0.1) is 31.3 Å². The highest BCUT2D eigenvalue weighted by molar-refractivity contribution is 7.91. The van der Waals surface area contributed by atoms with Crippen molar-refractivity contribution in [1.82, 2.24) is 14.7 Å². The SMILES string of the molecule is CCN(C(=O)CN1CCC(CCN2CCOCC2)CC1)C1CCS(=O)(=O)C1. The van der Waals surface area contributed by atoms with Gasteiger partial charge in [-0.3, -0.25) is 14.6 Å². The largest absolute Gasteiger partial charge is 0.379 e. The van der Waals surface area contributed by atoms with Crippen molar-refractivity contribution in [2.45, 2.75) is 38.6 Å². The minimum absolute atomic E-state index is 0.0892. The zero-order valence-electron chi connectivity index (χ0n) is 16.6. The predicted octanol–water partition coefficient (Wildman–Crippen LogP) is 0.456. The number of nitrogens with zero attached hydrogens (tertiary/aromatic N) is 3. The van der Waals surface area contributed by atoms with Gasteiger partial charge in [-0.05, 0) is 58.2 Å². The number of carbonyl (C=O) groups excluding carboxylic acids is 1. The summed E-state index contributed by atoms with van der Waals surface area (Å²) in [5.41, 5.74) is 0. The molecular weight excluding hydrogens is 366 g/mol. The summed E-state index contributed by atoms with van der Waals surface area (Å²) in [5.74, 6) is 1.19.